The molecule has 0 aromatic carbocycles. The van der Waals surface area contributed by atoms with E-state index in [2.05, 4.69) is 6.58 Å². The molecule has 0 amide bonds. The lowest BCUT2D eigenvalue weighted by Gasteiger charge is -2.62. The van der Waals surface area contributed by atoms with Gasteiger partial charge in [-0.25, -0.2) is 0 Å². The van der Waals surface area contributed by atoms with Crippen LogP contribution in [0.25, 0.3) is 0 Å². The van der Waals surface area contributed by atoms with Crippen molar-refractivity contribution in [2.24, 2.45) is 34.5 Å². The summed E-state index contributed by atoms with van der Waals surface area (Å²) in [5, 5.41) is 23.8. The summed E-state index contributed by atoms with van der Waals surface area (Å²) in [6.07, 6.45) is -0.415. The fourth-order valence-electron chi connectivity index (χ4n) is 7.85. The van der Waals surface area contributed by atoms with Crippen LogP contribution in [0.4, 0.5) is 0 Å². The van der Waals surface area contributed by atoms with Crippen molar-refractivity contribution in [2.75, 3.05) is 0 Å². The van der Waals surface area contributed by atoms with E-state index in [-0.39, 0.29) is 18.8 Å². The zero-order valence-corrected chi connectivity index (χ0v) is 24.0. The van der Waals surface area contributed by atoms with Crippen LogP contribution < -0.4 is 0 Å². The average Bonchev–Trinajstić information content (AvgIpc) is 2.88. The van der Waals surface area contributed by atoms with Crippen LogP contribution in [-0.4, -0.2) is 69.7 Å². The Kier molecular flexibility index (Phi) is 8.10. The first kappa shape index (κ1) is 30.4. The number of carbonyl (C=O) groups excluding carboxylic acids is 5. The molecular weight excluding hydrogens is 520 g/mol. The van der Waals surface area contributed by atoms with Crippen molar-refractivity contribution in [1.29, 1.82) is 0 Å². The molecule has 4 rings (SSSR count). The molecule has 4 aliphatic rings. The summed E-state index contributed by atoms with van der Waals surface area (Å²) in [5.41, 5.74) is -4.92. The fraction of sp³-hybridized carbons (Fsp3) is 0.767. The maximum Gasteiger partial charge on any atom is 0.309 e. The molecule has 0 aromatic heterocycles. The molecule has 10 nitrogen and oxygen atoms in total. The first-order valence-corrected chi connectivity index (χ1v) is 14.3. The van der Waals surface area contributed by atoms with Gasteiger partial charge in [0, 0.05) is 26.2 Å². The van der Waals surface area contributed by atoms with Gasteiger partial charge in [0.05, 0.1) is 17.3 Å². The van der Waals surface area contributed by atoms with Gasteiger partial charge >= 0.3 is 17.9 Å². The Hall–Kier alpha value is -2.59. The molecule has 0 aliphatic heterocycles. The van der Waals surface area contributed by atoms with Crippen molar-refractivity contribution in [2.45, 2.75) is 110 Å². The van der Waals surface area contributed by atoms with Crippen molar-refractivity contribution in [3.8, 4) is 0 Å². The van der Waals surface area contributed by atoms with Gasteiger partial charge < -0.3 is 24.4 Å². The third kappa shape index (κ3) is 4.81. The van der Waals surface area contributed by atoms with Gasteiger partial charge in [0.2, 0.25) is 0 Å². The third-order valence-electron chi connectivity index (χ3n) is 10.0. The highest BCUT2D eigenvalue weighted by Gasteiger charge is 2.73. The number of carbonyl (C=O) groups is 5. The topological polar surface area (TPSA) is 154 Å². The summed E-state index contributed by atoms with van der Waals surface area (Å²) in [5.74, 6) is -6.66. The van der Waals surface area contributed by atoms with Gasteiger partial charge in [-0.1, -0.05) is 39.2 Å². The number of rotatable bonds is 5. The Morgan fingerprint density at radius 3 is 2.10 bits per heavy atom. The molecule has 4 saturated carbocycles. The summed E-state index contributed by atoms with van der Waals surface area (Å²) < 4.78 is 17.2. The highest BCUT2D eigenvalue weighted by molar-refractivity contribution is 6.06. The molecule has 0 heterocycles. The summed E-state index contributed by atoms with van der Waals surface area (Å²) in [4.78, 5) is 65.8. The number of aliphatic hydroxyl groups is 2. The normalized spacial score (nSPS) is 41.2. The van der Waals surface area contributed by atoms with Crippen molar-refractivity contribution < 1.29 is 48.4 Å². The Bertz CT molecular complexity index is 1090. The molecule has 0 spiro atoms. The minimum absolute atomic E-state index is 0.0855. The van der Waals surface area contributed by atoms with E-state index < -0.39 is 88.1 Å². The molecule has 2 N–H and O–H groups in total. The lowest BCUT2D eigenvalue weighted by molar-refractivity contribution is -0.268. The molecule has 40 heavy (non-hydrogen) atoms. The molecule has 4 aliphatic carbocycles. The van der Waals surface area contributed by atoms with Crippen LogP contribution >= 0.6 is 0 Å². The predicted octanol–water partition coefficient (Wildman–Crippen LogP) is 2.46. The minimum Gasteiger partial charge on any atom is -0.459 e. The van der Waals surface area contributed by atoms with Gasteiger partial charge in [0.1, 0.15) is 24.1 Å². The zero-order valence-electron chi connectivity index (χ0n) is 24.0. The molecule has 4 fully saturated rings. The number of esters is 3. The first-order chi connectivity index (χ1) is 18.6. The van der Waals surface area contributed by atoms with E-state index in [9.17, 15) is 34.2 Å². The number of ketones is 2. The Balaban J connectivity index is 1.88. The van der Waals surface area contributed by atoms with Gasteiger partial charge in [0.25, 0.3) is 0 Å². The van der Waals surface area contributed by atoms with E-state index in [1.165, 1.54) is 19.9 Å². The average molecular weight is 563 g/mol. The van der Waals surface area contributed by atoms with E-state index in [1.807, 2.05) is 0 Å². The minimum atomic E-state index is -2.44. The summed E-state index contributed by atoms with van der Waals surface area (Å²) in [6.45, 7) is 11.0. The summed E-state index contributed by atoms with van der Waals surface area (Å²) in [6, 6.07) is 0. The van der Waals surface area contributed by atoms with Crippen LogP contribution in [0.2, 0.25) is 0 Å². The van der Waals surface area contributed by atoms with Crippen LogP contribution in [0.15, 0.2) is 12.7 Å². The number of Topliss-reactive ketones (excluding diaryl/α,β-unsaturated/α-hetero) is 2. The fourth-order valence-corrected chi connectivity index (χ4v) is 7.85. The second kappa shape index (κ2) is 10.7. The first-order valence-electron chi connectivity index (χ1n) is 14.3. The largest absolute Gasteiger partial charge is 0.459 e. The number of aliphatic hydroxyl groups excluding tert-OH is 1. The van der Waals surface area contributed by atoms with Gasteiger partial charge in [-0.05, 0) is 37.5 Å². The maximum absolute atomic E-state index is 14.0. The SMILES string of the molecule is C=C[C@@]1(C)CC(=O)C2C3C(OC(=O)C4CCCCC4)[C@@H](OC(C)=O)[C@@H](O)C(C)(C)C3C[C@@H](OC(C)=O)[C@@]2(O)C1=O. The number of hydrogen-bond donors (Lipinski definition) is 2. The van der Waals surface area contributed by atoms with Gasteiger partial charge in [-0.15, -0.1) is 6.58 Å². The van der Waals surface area contributed by atoms with E-state index in [0.29, 0.717) is 12.8 Å². The molecule has 0 saturated heterocycles. The summed E-state index contributed by atoms with van der Waals surface area (Å²) in [7, 11) is 0. The second-order valence-electron chi connectivity index (χ2n) is 13.0. The lowest BCUT2D eigenvalue weighted by atomic mass is 9.45. The standard InChI is InChI=1S/C30H42O10/c1-7-29(6)14-19(33)22-21-18(13-20(38-15(2)31)30(22,37)27(29)36)28(4,5)25(34)24(39-16(3)32)23(21)40-26(35)17-11-9-8-10-12-17/h7,17-18,20-25,34,37H,1,8-14H2,2-6H3/t18?,20-,21?,22?,23?,24-,25-,29+,30+/m1/s1. The Morgan fingerprint density at radius 2 is 1.55 bits per heavy atom. The molecule has 222 valence electrons. The molecule has 9 atom stereocenters. The van der Waals surface area contributed by atoms with E-state index in [4.69, 9.17) is 14.2 Å². The highest BCUT2D eigenvalue weighted by Crippen LogP contribution is 2.60. The molecular formula is C30H42O10. The van der Waals surface area contributed by atoms with Crippen molar-refractivity contribution in [3.63, 3.8) is 0 Å². The van der Waals surface area contributed by atoms with Crippen LogP contribution in [0.3, 0.4) is 0 Å². The van der Waals surface area contributed by atoms with Crippen LogP contribution in [0.5, 0.6) is 0 Å². The molecule has 0 bridgehead atoms. The van der Waals surface area contributed by atoms with Gasteiger partial charge in [0.15, 0.2) is 17.5 Å². The number of fused-ring (bicyclic) bond motifs is 3. The molecule has 0 aromatic rings. The number of allylic oxidation sites excluding steroid dienone is 1. The Morgan fingerprint density at radius 1 is 0.950 bits per heavy atom. The zero-order chi connectivity index (χ0) is 29.8. The predicted molar refractivity (Wildman–Crippen MR) is 140 cm³/mol. The third-order valence-corrected chi connectivity index (χ3v) is 10.0. The van der Waals surface area contributed by atoms with Crippen molar-refractivity contribution >= 4 is 29.5 Å². The highest BCUT2D eigenvalue weighted by atomic mass is 16.6. The quantitative estimate of drug-likeness (QED) is 0.290. The van der Waals surface area contributed by atoms with Crippen LogP contribution in [0.1, 0.15) is 79.6 Å². The van der Waals surface area contributed by atoms with E-state index in [1.54, 1.807) is 13.8 Å². The monoisotopic (exact) mass is 562 g/mol. The number of hydrogen-bond acceptors (Lipinski definition) is 10. The van der Waals surface area contributed by atoms with Crippen LogP contribution in [-0.2, 0) is 38.2 Å². The second-order valence-corrected chi connectivity index (χ2v) is 13.0. The van der Waals surface area contributed by atoms with Crippen molar-refractivity contribution in [3.05, 3.63) is 12.7 Å². The van der Waals surface area contributed by atoms with E-state index in [0.717, 1.165) is 26.2 Å². The smallest absolute Gasteiger partial charge is 0.309 e. The molecule has 10 heteroatoms. The number of ether oxygens (including phenoxy) is 3. The Labute approximate surface area is 234 Å². The maximum atomic E-state index is 14.0. The summed E-state index contributed by atoms with van der Waals surface area (Å²) >= 11 is 0. The van der Waals surface area contributed by atoms with Gasteiger partial charge in [-0.2, -0.15) is 0 Å². The van der Waals surface area contributed by atoms with Crippen molar-refractivity contribution in [1.82, 2.24) is 0 Å². The molecule has 0 radical (unpaired) electrons. The van der Waals surface area contributed by atoms with E-state index >= 15 is 0 Å². The van der Waals surface area contributed by atoms with Crippen LogP contribution in [0, 0.1) is 34.5 Å². The molecule has 4 unspecified atom stereocenters. The lowest BCUT2D eigenvalue weighted by Crippen LogP contribution is -2.76. The van der Waals surface area contributed by atoms with Gasteiger partial charge in [-0.3, -0.25) is 24.0 Å².